The van der Waals surface area contributed by atoms with E-state index in [9.17, 15) is 0 Å². The van der Waals surface area contributed by atoms with Gasteiger partial charge in [0, 0.05) is 37.9 Å². The molecule has 2 aromatic rings. The maximum atomic E-state index is 4.75. The molecule has 1 N–H and O–H groups in total. The molecule has 0 aliphatic carbocycles. The molecule has 0 aromatic carbocycles. The SMILES string of the molecule is CCNC(=NCc1nccn1CC(C)C)N(C)Cc1csc(C)n1.I. The van der Waals surface area contributed by atoms with E-state index >= 15 is 0 Å². The maximum Gasteiger partial charge on any atom is 0.194 e. The molecule has 0 saturated heterocycles. The van der Waals surface area contributed by atoms with E-state index in [1.54, 1.807) is 11.3 Å². The number of hydrogen-bond donors (Lipinski definition) is 1. The van der Waals surface area contributed by atoms with Gasteiger partial charge in [0.1, 0.15) is 12.4 Å². The van der Waals surface area contributed by atoms with Crippen LogP contribution in [0.4, 0.5) is 0 Å². The Bertz CT molecular complexity index is 664. The van der Waals surface area contributed by atoms with Gasteiger partial charge in [-0.1, -0.05) is 13.8 Å². The fourth-order valence-electron chi connectivity index (χ4n) is 2.47. The summed E-state index contributed by atoms with van der Waals surface area (Å²) in [7, 11) is 2.04. The predicted molar refractivity (Wildman–Crippen MR) is 116 cm³/mol. The third-order valence-electron chi connectivity index (χ3n) is 3.50. The van der Waals surface area contributed by atoms with Gasteiger partial charge in [0.15, 0.2) is 5.96 Å². The molecule has 6 nitrogen and oxygen atoms in total. The van der Waals surface area contributed by atoms with Gasteiger partial charge in [-0.3, -0.25) is 0 Å². The summed E-state index contributed by atoms with van der Waals surface area (Å²) in [5.41, 5.74) is 1.08. The fourth-order valence-corrected chi connectivity index (χ4v) is 3.07. The zero-order valence-electron chi connectivity index (χ0n) is 15.7. The van der Waals surface area contributed by atoms with Crippen molar-refractivity contribution in [2.45, 2.75) is 47.3 Å². The first kappa shape index (κ1) is 21.9. The Morgan fingerprint density at radius 1 is 1.44 bits per heavy atom. The minimum absolute atomic E-state index is 0. The molecule has 0 radical (unpaired) electrons. The predicted octanol–water partition coefficient (Wildman–Crippen LogP) is 3.52. The molecule has 0 fully saturated rings. The van der Waals surface area contributed by atoms with Gasteiger partial charge in [0.05, 0.1) is 17.2 Å². The Labute approximate surface area is 171 Å². The summed E-state index contributed by atoms with van der Waals surface area (Å²) in [5.74, 6) is 2.46. The van der Waals surface area contributed by atoms with E-state index < -0.39 is 0 Å². The highest BCUT2D eigenvalue weighted by Gasteiger charge is 2.10. The van der Waals surface area contributed by atoms with E-state index in [4.69, 9.17) is 4.99 Å². The summed E-state index contributed by atoms with van der Waals surface area (Å²) in [6.45, 7) is 11.6. The van der Waals surface area contributed by atoms with Crippen LogP contribution in [0.25, 0.3) is 0 Å². The van der Waals surface area contributed by atoms with Gasteiger partial charge in [-0.15, -0.1) is 35.3 Å². The first-order valence-electron chi connectivity index (χ1n) is 8.40. The average Bonchev–Trinajstić information content (AvgIpc) is 3.12. The summed E-state index contributed by atoms with van der Waals surface area (Å²) in [6.07, 6.45) is 3.88. The number of halogens is 1. The summed E-state index contributed by atoms with van der Waals surface area (Å²) < 4.78 is 2.18. The van der Waals surface area contributed by atoms with Gasteiger partial charge in [0.25, 0.3) is 0 Å². The van der Waals surface area contributed by atoms with E-state index in [0.717, 1.165) is 42.1 Å². The number of nitrogens with one attached hydrogen (secondary N) is 1. The van der Waals surface area contributed by atoms with E-state index in [1.807, 2.05) is 26.4 Å². The average molecular weight is 476 g/mol. The van der Waals surface area contributed by atoms with Crippen LogP contribution in [0.3, 0.4) is 0 Å². The Hall–Kier alpha value is -1.16. The summed E-state index contributed by atoms with van der Waals surface area (Å²) in [5, 5.41) is 6.54. The van der Waals surface area contributed by atoms with E-state index in [-0.39, 0.29) is 24.0 Å². The van der Waals surface area contributed by atoms with Crippen LogP contribution in [-0.2, 0) is 19.6 Å². The molecule has 25 heavy (non-hydrogen) atoms. The van der Waals surface area contributed by atoms with E-state index in [0.29, 0.717) is 12.5 Å². The zero-order valence-corrected chi connectivity index (χ0v) is 18.8. The Morgan fingerprint density at radius 3 is 2.80 bits per heavy atom. The second kappa shape index (κ2) is 10.7. The number of guanidine groups is 1. The number of nitrogens with zero attached hydrogens (tertiary/aromatic N) is 5. The van der Waals surface area contributed by atoms with Gasteiger partial charge >= 0.3 is 0 Å². The third-order valence-corrected chi connectivity index (χ3v) is 4.32. The number of aryl methyl sites for hydroxylation is 1. The van der Waals surface area contributed by atoms with Crippen molar-refractivity contribution in [3.8, 4) is 0 Å². The summed E-state index contributed by atoms with van der Waals surface area (Å²) >= 11 is 1.68. The monoisotopic (exact) mass is 476 g/mol. The zero-order chi connectivity index (χ0) is 17.5. The largest absolute Gasteiger partial charge is 0.357 e. The van der Waals surface area contributed by atoms with Crippen molar-refractivity contribution in [1.82, 2.24) is 24.8 Å². The quantitative estimate of drug-likeness (QED) is 0.378. The van der Waals surface area contributed by atoms with E-state index in [1.165, 1.54) is 0 Å². The number of aliphatic imine (C=N–C) groups is 1. The van der Waals surface area contributed by atoms with Crippen molar-refractivity contribution >= 4 is 41.3 Å². The van der Waals surface area contributed by atoms with Crippen molar-refractivity contribution in [1.29, 1.82) is 0 Å². The van der Waals surface area contributed by atoms with Gasteiger partial charge in [-0.2, -0.15) is 0 Å². The van der Waals surface area contributed by atoms with Crippen molar-refractivity contribution in [3.05, 3.63) is 34.3 Å². The lowest BCUT2D eigenvalue weighted by atomic mass is 10.2. The Morgan fingerprint density at radius 2 is 2.20 bits per heavy atom. The highest BCUT2D eigenvalue weighted by Crippen LogP contribution is 2.10. The van der Waals surface area contributed by atoms with E-state index in [2.05, 4.69) is 50.9 Å². The Balaban J connectivity index is 0.00000312. The molecule has 8 heteroatoms. The lowest BCUT2D eigenvalue weighted by Crippen LogP contribution is -2.38. The first-order chi connectivity index (χ1) is 11.5. The van der Waals surface area contributed by atoms with Crippen LogP contribution in [0.5, 0.6) is 0 Å². The number of rotatable bonds is 7. The molecule has 0 aliphatic rings. The van der Waals surface area contributed by atoms with Gasteiger partial charge < -0.3 is 14.8 Å². The number of hydrogen-bond acceptors (Lipinski definition) is 4. The van der Waals surface area contributed by atoms with Gasteiger partial charge in [-0.05, 0) is 19.8 Å². The molecule has 0 spiro atoms. The minimum atomic E-state index is 0. The Kier molecular flexibility index (Phi) is 9.41. The van der Waals surface area contributed by atoms with Crippen LogP contribution >= 0.6 is 35.3 Å². The number of aromatic nitrogens is 3. The van der Waals surface area contributed by atoms with Gasteiger partial charge in [0.2, 0.25) is 0 Å². The summed E-state index contributed by atoms with van der Waals surface area (Å²) in [6, 6.07) is 0. The minimum Gasteiger partial charge on any atom is -0.357 e. The second-order valence-corrected chi connectivity index (χ2v) is 7.34. The molecule has 0 unspecified atom stereocenters. The van der Waals surface area contributed by atoms with Crippen LogP contribution in [0, 0.1) is 12.8 Å². The lowest BCUT2D eigenvalue weighted by molar-refractivity contribution is 0.468. The molecule has 0 atom stereocenters. The normalized spacial score (nSPS) is 11.5. The highest BCUT2D eigenvalue weighted by molar-refractivity contribution is 14.0. The first-order valence-corrected chi connectivity index (χ1v) is 9.28. The molecule has 2 rings (SSSR count). The van der Waals surface area contributed by atoms with Crippen LogP contribution in [0.1, 0.15) is 37.3 Å². The maximum absolute atomic E-state index is 4.75. The molecular weight excluding hydrogens is 447 g/mol. The third kappa shape index (κ3) is 6.93. The van der Waals surface area contributed by atoms with Crippen LogP contribution < -0.4 is 5.32 Å². The molecular formula is C17H29IN6S. The number of thiazole rings is 1. The molecule has 140 valence electrons. The van der Waals surface area contributed by atoms with Gasteiger partial charge in [-0.25, -0.2) is 15.0 Å². The lowest BCUT2D eigenvalue weighted by Gasteiger charge is -2.21. The van der Waals surface area contributed by atoms with Crippen molar-refractivity contribution in [2.24, 2.45) is 10.9 Å². The highest BCUT2D eigenvalue weighted by atomic mass is 127. The summed E-state index contributed by atoms with van der Waals surface area (Å²) in [4.78, 5) is 15.8. The molecule has 0 bridgehead atoms. The fraction of sp³-hybridized carbons (Fsp3) is 0.588. The van der Waals surface area contributed by atoms with Crippen LogP contribution in [0.2, 0.25) is 0 Å². The van der Waals surface area contributed by atoms with Crippen molar-refractivity contribution < 1.29 is 0 Å². The number of imidazole rings is 1. The van der Waals surface area contributed by atoms with Crippen molar-refractivity contribution in [3.63, 3.8) is 0 Å². The standard InChI is InChI=1S/C17H28N6S.HI/c1-6-18-17(22(5)11-15-12-24-14(4)21-15)20-9-16-19-7-8-23(16)10-13(2)3;/h7-8,12-13H,6,9-11H2,1-5H3,(H,18,20);1H. The van der Waals surface area contributed by atoms with Crippen LogP contribution in [-0.4, -0.2) is 39.0 Å². The second-order valence-electron chi connectivity index (χ2n) is 6.27. The molecule has 2 aromatic heterocycles. The van der Waals surface area contributed by atoms with Crippen molar-refractivity contribution in [2.75, 3.05) is 13.6 Å². The molecule has 0 amide bonds. The molecule has 2 heterocycles. The topological polar surface area (TPSA) is 58.3 Å². The smallest absolute Gasteiger partial charge is 0.194 e. The molecule has 0 aliphatic heterocycles. The van der Waals surface area contributed by atoms with Crippen LogP contribution in [0.15, 0.2) is 22.8 Å². The molecule has 0 saturated carbocycles.